The molecule has 0 N–H and O–H groups in total. The van der Waals surface area contributed by atoms with Crippen LogP contribution in [0, 0.1) is 0 Å². The molecule has 1 saturated heterocycles. The lowest BCUT2D eigenvalue weighted by Crippen LogP contribution is -2.22. The standard InChI is InChI=1S/C14H12N2O3/c17-14-16(8-9-18-14)11-3-5-12(6-4-11)19-13-2-1-7-15-10-13/h1-7,10H,8-9H2. The molecule has 5 nitrogen and oxygen atoms in total. The first-order chi connectivity index (χ1) is 9.33. The summed E-state index contributed by atoms with van der Waals surface area (Å²) < 4.78 is 10.5. The van der Waals surface area contributed by atoms with Crippen LogP contribution in [0.15, 0.2) is 48.8 Å². The van der Waals surface area contributed by atoms with E-state index in [1.807, 2.05) is 36.4 Å². The summed E-state index contributed by atoms with van der Waals surface area (Å²) in [5.41, 5.74) is 0.807. The molecule has 0 aliphatic carbocycles. The largest absolute Gasteiger partial charge is 0.456 e. The highest BCUT2D eigenvalue weighted by molar-refractivity contribution is 5.89. The van der Waals surface area contributed by atoms with E-state index in [-0.39, 0.29) is 6.09 Å². The third-order valence-electron chi connectivity index (χ3n) is 2.78. The van der Waals surface area contributed by atoms with Gasteiger partial charge in [-0.15, -0.1) is 0 Å². The maximum atomic E-state index is 11.4. The Hall–Kier alpha value is -2.56. The summed E-state index contributed by atoms with van der Waals surface area (Å²) in [4.78, 5) is 17.0. The Bertz CT molecular complexity index is 569. The lowest BCUT2D eigenvalue weighted by Gasteiger charge is -2.13. The van der Waals surface area contributed by atoms with Crippen LogP contribution in [0.1, 0.15) is 0 Å². The SMILES string of the molecule is O=C1OCCN1c1ccc(Oc2cccnc2)cc1. The van der Waals surface area contributed by atoms with Crippen molar-refractivity contribution in [2.45, 2.75) is 0 Å². The molecule has 5 heteroatoms. The van der Waals surface area contributed by atoms with Gasteiger partial charge >= 0.3 is 6.09 Å². The van der Waals surface area contributed by atoms with Crippen molar-refractivity contribution in [1.29, 1.82) is 0 Å². The number of amides is 1. The zero-order chi connectivity index (χ0) is 13.1. The van der Waals surface area contributed by atoms with E-state index in [0.717, 1.165) is 5.69 Å². The van der Waals surface area contributed by atoms with Crippen molar-refractivity contribution in [3.63, 3.8) is 0 Å². The molecule has 3 rings (SSSR count). The number of pyridine rings is 1. The van der Waals surface area contributed by atoms with Gasteiger partial charge in [-0.25, -0.2) is 4.79 Å². The minimum atomic E-state index is -0.305. The van der Waals surface area contributed by atoms with E-state index in [0.29, 0.717) is 24.7 Å². The van der Waals surface area contributed by atoms with Crippen LogP contribution < -0.4 is 9.64 Å². The van der Waals surface area contributed by atoms with Crippen molar-refractivity contribution in [3.8, 4) is 11.5 Å². The predicted molar refractivity (Wildman–Crippen MR) is 69.4 cm³/mol. The molecule has 1 aliphatic heterocycles. The minimum Gasteiger partial charge on any atom is -0.456 e. The molecule has 96 valence electrons. The number of carbonyl (C=O) groups is 1. The first-order valence-corrected chi connectivity index (χ1v) is 5.95. The van der Waals surface area contributed by atoms with Crippen molar-refractivity contribution < 1.29 is 14.3 Å². The van der Waals surface area contributed by atoms with Gasteiger partial charge in [0.1, 0.15) is 18.1 Å². The molecular formula is C14H12N2O3. The highest BCUT2D eigenvalue weighted by Gasteiger charge is 2.23. The quantitative estimate of drug-likeness (QED) is 0.847. The topological polar surface area (TPSA) is 51.7 Å². The van der Waals surface area contributed by atoms with E-state index in [1.54, 1.807) is 17.3 Å². The second-order valence-corrected chi connectivity index (χ2v) is 4.05. The van der Waals surface area contributed by atoms with Crippen LogP contribution in [0.4, 0.5) is 10.5 Å². The second kappa shape index (κ2) is 4.97. The van der Waals surface area contributed by atoms with Crippen LogP contribution in [0.25, 0.3) is 0 Å². The van der Waals surface area contributed by atoms with E-state index in [4.69, 9.17) is 9.47 Å². The molecule has 0 saturated carbocycles. The normalized spacial score (nSPS) is 14.3. The molecule has 1 aliphatic rings. The summed E-state index contributed by atoms with van der Waals surface area (Å²) in [6, 6.07) is 10.9. The maximum Gasteiger partial charge on any atom is 0.414 e. The smallest absolute Gasteiger partial charge is 0.414 e. The molecule has 19 heavy (non-hydrogen) atoms. The Balaban J connectivity index is 1.74. The number of cyclic esters (lactones) is 1. The van der Waals surface area contributed by atoms with Gasteiger partial charge < -0.3 is 9.47 Å². The molecule has 1 aromatic carbocycles. The molecular weight excluding hydrogens is 244 g/mol. The first kappa shape index (κ1) is 11.5. The summed E-state index contributed by atoms with van der Waals surface area (Å²) in [6.45, 7) is 1.02. The number of hydrogen-bond acceptors (Lipinski definition) is 4. The van der Waals surface area contributed by atoms with Gasteiger partial charge in [0.15, 0.2) is 0 Å². The summed E-state index contributed by atoms with van der Waals surface area (Å²) >= 11 is 0. The van der Waals surface area contributed by atoms with Crippen LogP contribution in [0.5, 0.6) is 11.5 Å². The summed E-state index contributed by atoms with van der Waals surface area (Å²) in [6.07, 6.45) is 3.03. The fourth-order valence-corrected chi connectivity index (χ4v) is 1.87. The van der Waals surface area contributed by atoms with Crippen molar-refractivity contribution in [2.24, 2.45) is 0 Å². The molecule has 2 aromatic rings. The molecule has 0 radical (unpaired) electrons. The number of aromatic nitrogens is 1. The predicted octanol–water partition coefficient (Wildman–Crippen LogP) is 2.83. The van der Waals surface area contributed by atoms with Crippen molar-refractivity contribution in [1.82, 2.24) is 4.98 Å². The van der Waals surface area contributed by atoms with E-state index >= 15 is 0 Å². The summed E-state index contributed by atoms with van der Waals surface area (Å²) in [5, 5.41) is 0. The van der Waals surface area contributed by atoms with Crippen molar-refractivity contribution in [3.05, 3.63) is 48.8 Å². The van der Waals surface area contributed by atoms with Crippen LogP contribution in [0.3, 0.4) is 0 Å². The maximum absolute atomic E-state index is 11.4. The van der Waals surface area contributed by atoms with Gasteiger partial charge in [-0.05, 0) is 36.4 Å². The molecule has 0 spiro atoms. The Morgan fingerprint density at radius 1 is 1.16 bits per heavy atom. The number of hydrogen-bond donors (Lipinski definition) is 0. The monoisotopic (exact) mass is 256 g/mol. The average Bonchev–Trinajstić information content (AvgIpc) is 2.87. The highest BCUT2D eigenvalue weighted by Crippen LogP contribution is 2.25. The number of benzene rings is 1. The number of ether oxygens (including phenoxy) is 2. The number of carbonyl (C=O) groups excluding carboxylic acids is 1. The molecule has 0 bridgehead atoms. The highest BCUT2D eigenvalue weighted by atomic mass is 16.6. The molecule has 0 atom stereocenters. The Morgan fingerprint density at radius 3 is 2.63 bits per heavy atom. The second-order valence-electron chi connectivity index (χ2n) is 4.05. The van der Waals surface area contributed by atoms with E-state index in [1.165, 1.54) is 0 Å². The third-order valence-corrected chi connectivity index (χ3v) is 2.78. The molecule has 2 heterocycles. The number of anilines is 1. The molecule has 1 fully saturated rings. The Kier molecular flexibility index (Phi) is 3.02. The molecule has 1 amide bonds. The number of rotatable bonds is 3. The Morgan fingerprint density at radius 2 is 2.00 bits per heavy atom. The van der Waals surface area contributed by atoms with Crippen LogP contribution in [-0.2, 0) is 4.74 Å². The van der Waals surface area contributed by atoms with E-state index < -0.39 is 0 Å². The van der Waals surface area contributed by atoms with Crippen molar-refractivity contribution in [2.75, 3.05) is 18.1 Å². The van der Waals surface area contributed by atoms with Crippen LogP contribution >= 0.6 is 0 Å². The van der Waals surface area contributed by atoms with Crippen LogP contribution in [0.2, 0.25) is 0 Å². The minimum absolute atomic E-state index is 0.305. The fourth-order valence-electron chi connectivity index (χ4n) is 1.87. The lowest BCUT2D eigenvalue weighted by atomic mass is 10.3. The van der Waals surface area contributed by atoms with E-state index in [9.17, 15) is 4.79 Å². The van der Waals surface area contributed by atoms with Gasteiger partial charge in [0, 0.05) is 11.9 Å². The first-order valence-electron chi connectivity index (χ1n) is 5.95. The average molecular weight is 256 g/mol. The van der Waals surface area contributed by atoms with Crippen LogP contribution in [-0.4, -0.2) is 24.2 Å². The lowest BCUT2D eigenvalue weighted by molar-refractivity contribution is 0.181. The summed E-state index contributed by atoms with van der Waals surface area (Å²) in [7, 11) is 0. The third kappa shape index (κ3) is 2.49. The van der Waals surface area contributed by atoms with Crippen molar-refractivity contribution >= 4 is 11.8 Å². The summed E-state index contributed by atoms with van der Waals surface area (Å²) in [5.74, 6) is 1.38. The Labute approximate surface area is 110 Å². The van der Waals surface area contributed by atoms with Gasteiger partial charge in [-0.3, -0.25) is 9.88 Å². The van der Waals surface area contributed by atoms with Gasteiger partial charge in [0.25, 0.3) is 0 Å². The van der Waals surface area contributed by atoms with Gasteiger partial charge in [-0.2, -0.15) is 0 Å². The zero-order valence-electron chi connectivity index (χ0n) is 10.2. The van der Waals surface area contributed by atoms with Gasteiger partial charge in [0.05, 0.1) is 12.7 Å². The van der Waals surface area contributed by atoms with Gasteiger partial charge in [-0.1, -0.05) is 0 Å². The van der Waals surface area contributed by atoms with E-state index in [2.05, 4.69) is 4.98 Å². The molecule has 0 unspecified atom stereocenters. The molecule has 1 aromatic heterocycles. The zero-order valence-corrected chi connectivity index (χ0v) is 10.2. The fraction of sp³-hybridized carbons (Fsp3) is 0.143. The number of nitrogens with zero attached hydrogens (tertiary/aromatic N) is 2. The van der Waals surface area contributed by atoms with Gasteiger partial charge in [0.2, 0.25) is 0 Å².